The fourth-order valence-corrected chi connectivity index (χ4v) is 3.79. The predicted octanol–water partition coefficient (Wildman–Crippen LogP) is 1.94. The topological polar surface area (TPSA) is 90.5 Å². The molecule has 34 heavy (non-hydrogen) atoms. The SMILES string of the molecule is CN(C)C/C=C/C(=O)N1CCC(N(C)c2ncnc3[nH]c(C#CCOc4ccccc4)nc23)C1. The summed E-state index contributed by atoms with van der Waals surface area (Å²) in [6.45, 7) is 2.35. The van der Waals surface area contributed by atoms with E-state index in [1.807, 2.05) is 67.4 Å². The first-order valence-corrected chi connectivity index (χ1v) is 11.2. The molecule has 1 aromatic carbocycles. The van der Waals surface area contributed by atoms with Crippen LogP contribution in [0.3, 0.4) is 0 Å². The molecule has 0 saturated carbocycles. The van der Waals surface area contributed by atoms with Crippen LogP contribution in [0, 0.1) is 11.8 Å². The van der Waals surface area contributed by atoms with E-state index < -0.39 is 0 Å². The molecule has 9 nitrogen and oxygen atoms in total. The zero-order valence-electron chi connectivity index (χ0n) is 19.7. The fraction of sp³-hybridized carbons (Fsp3) is 0.360. The number of likely N-dealkylation sites (N-methyl/N-ethyl adjacent to an activating group) is 2. The number of anilines is 1. The van der Waals surface area contributed by atoms with Crippen LogP contribution in [-0.4, -0.2) is 89.1 Å². The predicted molar refractivity (Wildman–Crippen MR) is 132 cm³/mol. The number of H-pyrrole nitrogens is 1. The van der Waals surface area contributed by atoms with Gasteiger partial charge >= 0.3 is 0 Å². The monoisotopic (exact) mass is 459 g/mol. The number of nitrogens with one attached hydrogen (secondary N) is 1. The molecular weight excluding hydrogens is 430 g/mol. The number of benzene rings is 1. The van der Waals surface area contributed by atoms with Gasteiger partial charge in [0.05, 0.1) is 0 Å². The minimum atomic E-state index is 0.0423. The number of fused-ring (bicyclic) bond motifs is 1. The van der Waals surface area contributed by atoms with Crippen LogP contribution in [0.2, 0.25) is 0 Å². The molecule has 2 aromatic heterocycles. The second kappa shape index (κ2) is 10.8. The maximum absolute atomic E-state index is 12.5. The third kappa shape index (κ3) is 5.71. The van der Waals surface area contributed by atoms with E-state index >= 15 is 0 Å². The Balaban J connectivity index is 1.41. The van der Waals surface area contributed by atoms with Gasteiger partial charge in [0.2, 0.25) is 5.91 Å². The Morgan fingerprint density at radius 2 is 2.09 bits per heavy atom. The lowest BCUT2D eigenvalue weighted by molar-refractivity contribution is -0.125. The first kappa shape index (κ1) is 23.3. The number of rotatable bonds is 7. The summed E-state index contributed by atoms with van der Waals surface area (Å²) in [5, 5.41) is 0. The normalized spacial score (nSPS) is 15.6. The van der Waals surface area contributed by atoms with E-state index in [1.54, 1.807) is 6.08 Å². The molecule has 4 rings (SSSR count). The average Bonchev–Trinajstić information content (AvgIpc) is 3.49. The van der Waals surface area contributed by atoms with Crippen molar-refractivity contribution in [1.29, 1.82) is 0 Å². The van der Waals surface area contributed by atoms with E-state index in [0.717, 1.165) is 24.5 Å². The number of carbonyl (C=O) groups excluding carboxylic acids is 1. The summed E-state index contributed by atoms with van der Waals surface area (Å²) in [4.78, 5) is 35.0. The van der Waals surface area contributed by atoms with Crippen LogP contribution in [0.4, 0.5) is 5.82 Å². The molecule has 0 bridgehead atoms. The second-order valence-corrected chi connectivity index (χ2v) is 8.39. The van der Waals surface area contributed by atoms with Crippen molar-refractivity contribution < 1.29 is 9.53 Å². The Morgan fingerprint density at radius 1 is 1.26 bits per heavy atom. The zero-order chi connectivity index (χ0) is 23.9. The molecule has 176 valence electrons. The van der Waals surface area contributed by atoms with Crippen molar-refractivity contribution >= 4 is 22.9 Å². The number of hydrogen-bond acceptors (Lipinski definition) is 7. The van der Waals surface area contributed by atoms with Gasteiger partial charge in [0.25, 0.3) is 0 Å². The van der Waals surface area contributed by atoms with Crippen LogP contribution in [0.15, 0.2) is 48.8 Å². The Bertz CT molecular complexity index is 1210. The average molecular weight is 460 g/mol. The van der Waals surface area contributed by atoms with Crippen molar-refractivity contribution in [2.75, 3.05) is 52.3 Å². The van der Waals surface area contributed by atoms with Crippen LogP contribution in [0.25, 0.3) is 11.2 Å². The van der Waals surface area contributed by atoms with Gasteiger partial charge in [0.1, 0.15) is 18.7 Å². The highest BCUT2D eigenvalue weighted by atomic mass is 16.5. The Labute approximate surface area is 199 Å². The molecule has 1 fully saturated rings. The summed E-state index contributed by atoms with van der Waals surface area (Å²) in [6, 6.07) is 9.69. The van der Waals surface area contributed by atoms with Gasteiger partial charge in [-0.2, -0.15) is 0 Å². The summed E-state index contributed by atoms with van der Waals surface area (Å²) in [5.74, 6) is 8.02. The maximum Gasteiger partial charge on any atom is 0.246 e. The Kier molecular flexibility index (Phi) is 7.40. The van der Waals surface area contributed by atoms with Gasteiger partial charge in [-0.3, -0.25) is 4.79 Å². The van der Waals surface area contributed by atoms with Crippen molar-refractivity contribution in [2.45, 2.75) is 12.5 Å². The number of hydrogen-bond donors (Lipinski definition) is 1. The lowest BCUT2D eigenvalue weighted by Gasteiger charge is -2.25. The highest BCUT2D eigenvalue weighted by Crippen LogP contribution is 2.25. The van der Waals surface area contributed by atoms with Gasteiger partial charge in [-0.05, 0) is 38.6 Å². The van der Waals surface area contributed by atoms with Gasteiger partial charge in [-0.25, -0.2) is 15.0 Å². The Morgan fingerprint density at radius 3 is 2.88 bits per heavy atom. The molecular formula is C25H29N7O2. The van der Waals surface area contributed by atoms with Crippen molar-refractivity contribution in [1.82, 2.24) is 29.7 Å². The molecule has 1 amide bonds. The summed E-state index contributed by atoms with van der Waals surface area (Å²) < 4.78 is 5.61. The largest absolute Gasteiger partial charge is 0.481 e. The number of amides is 1. The molecule has 1 aliphatic heterocycles. The fourth-order valence-electron chi connectivity index (χ4n) is 3.79. The number of para-hydroxylation sites is 1. The van der Waals surface area contributed by atoms with Gasteiger partial charge < -0.3 is 24.4 Å². The summed E-state index contributed by atoms with van der Waals surface area (Å²) in [7, 11) is 5.93. The summed E-state index contributed by atoms with van der Waals surface area (Å²) >= 11 is 0. The highest BCUT2D eigenvalue weighted by Gasteiger charge is 2.29. The van der Waals surface area contributed by atoms with Crippen molar-refractivity contribution in [3.05, 3.63) is 54.6 Å². The molecule has 1 atom stereocenters. The molecule has 1 saturated heterocycles. The number of likely N-dealkylation sites (tertiary alicyclic amines) is 1. The van der Waals surface area contributed by atoms with Gasteiger partial charge in [-0.1, -0.05) is 30.2 Å². The van der Waals surface area contributed by atoms with E-state index in [2.05, 4.69) is 36.7 Å². The lowest BCUT2D eigenvalue weighted by atomic mass is 10.2. The Hall–Kier alpha value is -3.90. The smallest absolute Gasteiger partial charge is 0.246 e. The molecule has 3 aromatic rings. The number of carbonyl (C=O) groups is 1. The van der Waals surface area contributed by atoms with Gasteiger partial charge in [0, 0.05) is 38.8 Å². The van der Waals surface area contributed by atoms with Crippen molar-refractivity contribution in [2.24, 2.45) is 0 Å². The summed E-state index contributed by atoms with van der Waals surface area (Å²) in [5.41, 5.74) is 1.29. The molecule has 9 heteroatoms. The van der Waals surface area contributed by atoms with E-state index in [4.69, 9.17) is 4.74 Å². The number of aromatic nitrogens is 4. The van der Waals surface area contributed by atoms with Gasteiger partial charge in [-0.15, -0.1) is 0 Å². The number of aromatic amines is 1. The standard InChI is InChI=1S/C25H29N7O2/c1-30(2)14-7-12-22(33)32-15-13-19(17-32)31(3)25-23-24(26-18-27-25)29-21(28-23)11-8-16-34-20-9-5-4-6-10-20/h4-7,9-10,12,18-19H,13-17H2,1-3H3,(H,26,27,28,29)/b12-7+. The van der Waals surface area contributed by atoms with E-state index in [1.165, 1.54) is 6.33 Å². The highest BCUT2D eigenvalue weighted by molar-refractivity contribution is 5.88. The maximum atomic E-state index is 12.5. The minimum Gasteiger partial charge on any atom is -0.481 e. The number of nitrogens with zero attached hydrogens (tertiary/aromatic N) is 6. The van der Waals surface area contributed by atoms with Crippen LogP contribution < -0.4 is 9.64 Å². The van der Waals surface area contributed by atoms with E-state index in [9.17, 15) is 4.79 Å². The third-order valence-corrected chi connectivity index (χ3v) is 5.61. The first-order chi connectivity index (χ1) is 16.5. The quantitative estimate of drug-likeness (QED) is 0.427. The zero-order valence-corrected chi connectivity index (χ0v) is 19.7. The van der Waals surface area contributed by atoms with Crippen LogP contribution in [0.1, 0.15) is 12.2 Å². The molecule has 1 unspecified atom stereocenters. The van der Waals surface area contributed by atoms with Crippen LogP contribution in [0.5, 0.6) is 5.75 Å². The van der Waals surface area contributed by atoms with Crippen LogP contribution >= 0.6 is 0 Å². The first-order valence-electron chi connectivity index (χ1n) is 11.2. The number of ether oxygens (including phenoxy) is 1. The molecule has 1 N–H and O–H groups in total. The number of imidazole rings is 1. The molecule has 0 aliphatic carbocycles. The molecule has 0 spiro atoms. The second-order valence-electron chi connectivity index (χ2n) is 8.39. The van der Waals surface area contributed by atoms with Crippen LogP contribution in [-0.2, 0) is 4.79 Å². The lowest BCUT2D eigenvalue weighted by Crippen LogP contribution is -2.36. The van der Waals surface area contributed by atoms with Gasteiger partial charge in [0.15, 0.2) is 22.8 Å². The van der Waals surface area contributed by atoms with E-state index in [0.29, 0.717) is 30.1 Å². The van der Waals surface area contributed by atoms with Crippen molar-refractivity contribution in [3.8, 4) is 17.6 Å². The molecule has 3 heterocycles. The molecule has 0 radical (unpaired) electrons. The summed E-state index contributed by atoms with van der Waals surface area (Å²) in [6.07, 6.45) is 5.93. The third-order valence-electron chi connectivity index (χ3n) is 5.61. The van der Waals surface area contributed by atoms with Crippen molar-refractivity contribution in [3.63, 3.8) is 0 Å². The minimum absolute atomic E-state index is 0.0423. The van der Waals surface area contributed by atoms with E-state index in [-0.39, 0.29) is 18.6 Å². The molecule has 1 aliphatic rings.